The number of Topliss-reactive ketones (excluding diaryl/α,β-unsaturated/α-hetero) is 1. The monoisotopic (exact) mass is 254 g/mol. The first-order valence-electron chi connectivity index (χ1n) is 5.70. The number of anilines is 2. The third kappa shape index (κ3) is 1.81. The van der Waals surface area contributed by atoms with E-state index < -0.39 is 0 Å². The lowest BCUT2D eigenvalue weighted by atomic mass is 10.1. The van der Waals surface area contributed by atoms with Crippen LogP contribution in [-0.4, -0.2) is 17.3 Å². The highest BCUT2D eigenvalue weighted by atomic mass is 16.3. The molecule has 19 heavy (non-hydrogen) atoms. The molecule has 3 heterocycles. The fourth-order valence-corrected chi connectivity index (χ4v) is 2.11. The molecule has 6 nitrogen and oxygen atoms in total. The molecule has 0 atom stereocenters. The molecule has 0 bridgehead atoms. The Hall–Kier alpha value is -2.81. The van der Waals surface area contributed by atoms with Crippen molar-refractivity contribution in [1.29, 1.82) is 5.26 Å². The SMILES string of the molecule is N#Cc1cc2c(nc1N)N(Cc1ccco1)CC2=O. The third-order valence-corrected chi connectivity index (χ3v) is 3.01. The lowest BCUT2D eigenvalue weighted by molar-refractivity contribution is 0.101. The number of furan rings is 1. The Morgan fingerprint density at radius 2 is 2.42 bits per heavy atom. The van der Waals surface area contributed by atoms with Crippen molar-refractivity contribution in [3.63, 3.8) is 0 Å². The zero-order valence-electron chi connectivity index (χ0n) is 9.96. The van der Waals surface area contributed by atoms with Gasteiger partial charge in [0.25, 0.3) is 0 Å². The molecule has 0 fully saturated rings. The number of hydrogen-bond acceptors (Lipinski definition) is 6. The molecular formula is C13H10N4O2. The molecule has 2 aromatic heterocycles. The highest BCUT2D eigenvalue weighted by Crippen LogP contribution is 2.30. The van der Waals surface area contributed by atoms with Gasteiger partial charge in [0.2, 0.25) is 0 Å². The number of rotatable bonds is 2. The van der Waals surface area contributed by atoms with Crippen LogP contribution in [0.2, 0.25) is 0 Å². The largest absolute Gasteiger partial charge is 0.467 e. The van der Waals surface area contributed by atoms with E-state index in [1.165, 1.54) is 6.07 Å². The van der Waals surface area contributed by atoms with Crippen LogP contribution in [0.4, 0.5) is 11.6 Å². The van der Waals surface area contributed by atoms with Crippen molar-refractivity contribution >= 4 is 17.4 Å². The number of ketones is 1. The maximum absolute atomic E-state index is 11.9. The average Bonchev–Trinajstić information content (AvgIpc) is 2.99. The molecule has 6 heteroatoms. The Morgan fingerprint density at radius 3 is 3.11 bits per heavy atom. The van der Waals surface area contributed by atoms with Crippen LogP contribution in [0.1, 0.15) is 21.7 Å². The molecule has 0 spiro atoms. The molecule has 1 aliphatic heterocycles. The summed E-state index contributed by atoms with van der Waals surface area (Å²) < 4.78 is 5.26. The summed E-state index contributed by atoms with van der Waals surface area (Å²) in [5.74, 6) is 1.33. The van der Waals surface area contributed by atoms with E-state index >= 15 is 0 Å². The minimum Gasteiger partial charge on any atom is -0.467 e. The first-order chi connectivity index (χ1) is 9.19. The lowest BCUT2D eigenvalue weighted by Crippen LogP contribution is -2.22. The zero-order chi connectivity index (χ0) is 13.4. The van der Waals surface area contributed by atoms with E-state index in [4.69, 9.17) is 15.4 Å². The van der Waals surface area contributed by atoms with E-state index in [9.17, 15) is 4.79 Å². The minimum atomic E-state index is -0.0643. The molecule has 2 aromatic rings. The first kappa shape index (κ1) is 11.3. The fraction of sp³-hybridized carbons (Fsp3) is 0.154. The van der Waals surface area contributed by atoms with Gasteiger partial charge >= 0.3 is 0 Å². The van der Waals surface area contributed by atoms with Crippen molar-refractivity contribution in [3.05, 3.63) is 41.3 Å². The number of nitriles is 1. The van der Waals surface area contributed by atoms with Crippen molar-refractivity contribution < 1.29 is 9.21 Å². The number of carbonyl (C=O) groups is 1. The zero-order valence-corrected chi connectivity index (χ0v) is 9.96. The summed E-state index contributed by atoms with van der Waals surface area (Å²) in [6.45, 7) is 0.668. The number of nitrogens with two attached hydrogens (primary N) is 1. The normalized spacial score (nSPS) is 13.4. The molecular weight excluding hydrogens is 244 g/mol. The smallest absolute Gasteiger partial charge is 0.185 e. The number of carbonyl (C=O) groups excluding carboxylic acids is 1. The van der Waals surface area contributed by atoms with E-state index in [0.29, 0.717) is 17.9 Å². The van der Waals surface area contributed by atoms with Crippen molar-refractivity contribution in [2.24, 2.45) is 0 Å². The van der Waals surface area contributed by atoms with Crippen LogP contribution in [-0.2, 0) is 6.54 Å². The van der Waals surface area contributed by atoms with Gasteiger partial charge in [0, 0.05) is 0 Å². The summed E-state index contributed by atoms with van der Waals surface area (Å²) in [6.07, 6.45) is 1.58. The van der Waals surface area contributed by atoms with Crippen molar-refractivity contribution in [3.8, 4) is 6.07 Å². The highest BCUT2D eigenvalue weighted by molar-refractivity contribution is 6.08. The standard InChI is InChI=1S/C13H10N4O2/c14-5-8-4-10-11(18)7-17(13(10)16-12(8)15)6-9-2-1-3-19-9/h1-4H,6-7H2,(H2,15,16). The van der Waals surface area contributed by atoms with Gasteiger partial charge in [-0.2, -0.15) is 5.26 Å². The van der Waals surface area contributed by atoms with Gasteiger partial charge in [-0.05, 0) is 18.2 Å². The van der Waals surface area contributed by atoms with E-state index in [2.05, 4.69) is 4.98 Å². The number of hydrogen-bond donors (Lipinski definition) is 1. The topological polar surface area (TPSA) is 96.2 Å². The van der Waals surface area contributed by atoms with Crippen LogP contribution in [0.15, 0.2) is 28.9 Å². The van der Waals surface area contributed by atoms with E-state index in [1.807, 2.05) is 12.1 Å². The second-order valence-corrected chi connectivity index (χ2v) is 4.26. The lowest BCUT2D eigenvalue weighted by Gasteiger charge is -2.15. The summed E-state index contributed by atoms with van der Waals surface area (Å²) in [6, 6.07) is 7.05. The molecule has 0 saturated heterocycles. The van der Waals surface area contributed by atoms with Gasteiger partial charge in [-0.1, -0.05) is 0 Å². The second-order valence-electron chi connectivity index (χ2n) is 4.26. The fourth-order valence-electron chi connectivity index (χ4n) is 2.11. The Morgan fingerprint density at radius 1 is 1.58 bits per heavy atom. The van der Waals surface area contributed by atoms with Crippen LogP contribution >= 0.6 is 0 Å². The summed E-state index contributed by atoms with van der Waals surface area (Å²) in [5.41, 5.74) is 6.36. The Labute approximate surface area is 109 Å². The van der Waals surface area contributed by atoms with Gasteiger partial charge in [-0.15, -0.1) is 0 Å². The summed E-state index contributed by atoms with van der Waals surface area (Å²) >= 11 is 0. The molecule has 94 valence electrons. The van der Waals surface area contributed by atoms with Gasteiger partial charge in [-0.3, -0.25) is 4.79 Å². The quantitative estimate of drug-likeness (QED) is 0.868. The number of fused-ring (bicyclic) bond motifs is 1. The molecule has 0 amide bonds. The number of nitrogen functional groups attached to an aromatic ring is 1. The van der Waals surface area contributed by atoms with Crippen molar-refractivity contribution in [2.45, 2.75) is 6.54 Å². The number of nitrogens with zero attached hydrogens (tertiary/aromatic N) is 3. The first-order valence-corrected chi connectivity index (χ1v) is 5.70. The third-order valence-electron chi connectivity index (χ3n) is 3.01. The van der Waals surface area contributed by atoms with Gasteiger partial charge in [0.1, 0.15) is 23.5 Å². The van der Waals surface area contributed by atoms with Crippen LogP contribution in [0, 0.1) is 11.3 Å². The van der Waals surface area contributed by atoms with E-state index in [0.717, 1.165) is 5.76 Å². The minimum absolute atomic E-state index is 0.0643. The highest BCUT2D eigenvalue weighted by Gasteiger charge is 2.29. The number of aromatic nitrogens is 1. The maximum atomic E-state index is 11.9. The average molecular weight is 254 g/mol. The summed E-state index contributed by atoms with van der Waals surface area (Å²) in [4.78, 5) is 17.9. The van der Waals surface area contributed by atoms with Gasteiger partial charge < -0.3 is 15.1 Å². The van der Waals surface area contributed by atoms with Crippen LogP contribution in [0.3, 0.4) is 0 Å². The predicted octanol–water partition coefficient (Wildman–Crippen LogP) is 1.33. The molecule has 0 aromatic carbocycles. The molecule has 0 radical (unpaired) electrons. The van der Waals surface area contributed by atoms with Gasteiger partial charge in [0.05, 0.1) is 30.5 Å². The maximum Gasteiger partial charge on any atom is 0.185 e. The van der Waals surface area contributed by atoms with Crippen LogP contribution in [0.25, 0.3) is 0 Å². The van der Waals surface area contributed by atoms with Crippen LogP contribution < -0.4 is 10.6 Å². The van der Waals surface area contributed by atoms with E-state index in [1.54, 1.807) is 17.2 Å². The predicted molar refractivity (Wildman–Crippen MR) is 67.5 cm³/mol. The van der Waals surface area contributed by atoms with Crippen molar-refractivity contribution in [2.75, 3.05) is 17.2 Å². The molecule has 2 N–H and O–H groups in total. The van der Waals surface area contributed by atoms with Gasteiger partial charge in [0.15, 0.2) is 5.78 Å². The molecule has 0 aliphatic carbocycles. The molecule has 0 unspecified atom stereocenters. The Kier molecular flexibility index (Phi) is 2.46. The summed E-state index contributed by atoms with van der Waals surface area (Å²) in [5, 5.41) is 8.90. The Bertz CT molecular complexity index is 685. The number of pyridine rings is 1. The molecule has 3 rings (SSSR count). The molecule has 1 aliphatic rings. The molecule has 0 saturated carbocycles. The van der Waals surface area contributed by atoms with Crippen molar-refractivity contribution in [1.82, 2.24) is 4.98 Å². The second kappa shape index (κ2) is 4.14. The van der Waals surface area contributed by atoms with Crippen LogP contribution in [0.5, 0.6) is 0 Å². The Balaban J connectivity index is 2.00. The van der Waals surface area contributed by atoms with Gasteiger partial charge in [-0.25, -0.2) is 4.98 Å². The van der Waals surface area contributed by atoms with E-state index in [-0.39, 0.29) is 23.7 Å². The summed E-state index contributed by atoms with van der Waals surface area (Å²) in [7, 11) is 0.